The zero-order valence-electron chi connectivity index (χ0n) is 18.4. The molecule has 2 aliphatic heterocycles. The van der Waals surface area contributed by atoms with Gasteiger partial charge in [0.2, 0.25) is 0 Å². The molecule has 0 unspecified atom stereocenters. The fourth-order valence-corrected chi connectivity index (χ4v) is 6.34. The van der Waals surface area contributed by atoms with E-state index < -0.39 is 0 Å². The number of anilines is 1. The van der Waals surface area contributed by atoms with Crippen molar-refractivity contribution in [1.29, 1.82) is 0 Å². The van der Waals surface area contributed by atoms with Crippen molar-refractivity contribution < 1.29 is 4.42 Å². The molecule has 0 saturated heterocycles. The van der Waals surface area contributed by atoms with Crippen LogP contribution in [0, 0.1) is 5.41 Å². The maximum absolute atomic E-state index is 13.1. The second-order valence-corrected chi connectivity index (χ2v) is 11.5. The van der Waals surface area contributed by atoms with Gasteiger partial charge in [-0.3, -0.25) is 0 Å². The Labute approximate surface area is 185 Å². The highest BCUT2D eigenvalue weighted by Gasteiger charge is 2.40. The third kappa shape index (κ3) is 2.86. The Bertz CT molecular complexity index is 1390. The van der Waals surface area contributed by atoms with Gasteiger partial charge in [-0.2, -0.15) is 0 Å². The summed E-state index contributed by atoms with van der Waals surface area (Å²) in [6.07, 6.45) is 2.05. The standard InChI is InChI=1S/C26H26N2O2S/c1-25(2)13-17-21-18(26(3,4)9-10-28(21)14-25)12-15-11-16(24(29)30-22(15)17)23-27-19-7-5-6-8-20(19)31-23/h5-8,11-12H,9-10,13-14H2,1-4H3. The molecule has 0 atom stereocenters. The van der Waals surface area contributed by atoms with Crippen LogP contribution in [0.3, 0.4) is 0 Å². The molecule has 0 bridgehead atoms. The monoisotopic (exact) mass is 430 g/mol. The van der Waals surface area contributed by atoms with Crippen molar-refractivity contribution in [3.8, 4) is 10.6 Å². The molecule has 158 valence electrons. The van der Waals surface area contributed by atoms with Crippen LogP contribution < -0.4 is 10.5 Å². The number of benzene rings is 2. The van der Waals surface area contributed by atoms with Crippen molar-refractivity contribution in [2.75, 3.05) is 18.0 Å². The van der Waals surface area contributed by atoms with Gasteiger partial charge in [0.05, 0.1) is 15.8 Å². The summed E-state index contributed by atoms with van der Waals surface area (Å²) in [5, 5.41) is 1.74. The Morgan fingerprint density at radius 2 is 1.94 bits per heavy atom. The molecule has 0 fully saturated rings. The minimum atomic E-state index is -0.298. The minimum Gasteiger partial charge on any atom is -0.422 e. The van der Waals surface area contributed by atoms with Crippen LogP contribution in [0.1, 0.15) is 45.2 Å². The lowest BCUT2D eigenvalue weighted by Gasteiger charge is -2.48. The highest BCUT2D eigenvalue weighted by Crippen LogP contribution is 2.49. The first-order valence-electron chi connectivity index (χ1n) is 11.0. The van der Waals surface area contributed by atoms with Gasteiger partial charge in [0.25, 0.3) is 0 Å². The van der Waals surface area contributed by atoms with Crippen LogP contribution >= 0.6 is 11.3 Å². The third-order valence-corrected chi connectivity index (χ3v) is 8.01. The number of hydrogen-bond donors (Lipinski definition) is 0. The lowest BCUT2D eigenvalue weighted by atomic mass is 9.71. The lowest BCUT2D eigenvalue weighted by molar-refractivity contribution is 0.327. The first-order valence-corrected chi connectivity index (χ1v) is 11.8. The van der Waals surface area contributed by atoms with E-state index in [1.165, 1.54) is 16.8 Å². The molecule has 0 spiro atoms. The Hall–Kier alpha value is -2.66. The van der Waals surface area contributed by atoms with Crippen LogP contribution in [0.4, 0.5) is 5.69 Å². The van der Waals surface area contributed by atoms with Gasteiger partial charge in [0.1, 0.15) is 10.6 Å². The predicted molar refractivity (Wildman–Crippen MR) is 128 cm³/mol. The quantitative estimate of drug-likeness (QED) is 0.340. The Balaban J connectivity index is 1.64. The molecule has 0 aliphatic carbocycles. The van der Waals surface area contributed by atoms with E-state index in [0.717, 1.165) is 52.1 Å². The van der Waals surface area contributed by atoms with Gasteiger partial charge in [-0.15, -0.1) is 11.3 Å². The molecule has 2 aromatic heterocycles. The van der Waals surface area contributed by atoms with E-state index in [1.54, 1.807) is 11.3 Å². The maximum atomic E-state index is 13.1. The second-order valence-electron chi connectivity index (χ2n) is 10.5. The molecule has 4 heterocycles. The highest BCUT2D eigenvalue weighted by molar-refractivity contribution is 7.21. The number of para-hydroxylation sites is 1. The van der Waals surface area contributed by atoms with Crippen molar-refractivity contribution in [1.82, 2.24) is 4.98 Å². The number of aromatic nitrogens is 1. The van der Waals surface area contributed by atoms with E-state index in [4.69, 9.17) is 9.40 Å². The smallest absolute Gasteiger partial charge is 0.346 e. The lowest BCUT2D eigenvalue weighted by Crippen LogP contribution is -2.46. The molecule has 2 aromatic carbocycles. The van der Waals surface area contributed by atoms with Crippen LogP contribution in [0.25, 0.3) is 31.8 Å². The summed E-state index contributed by atoms with van der Waals surface area (Å²) in [7, 11) is 0. The second kappa shape index (κ2) is 6.19. The van der Waals surface area contributed by atoms with E-state index in [2.05, 4.69) is 38.7 Å². The first kappa shape index (κ1) is 19.1. The molecule has 0 radical (unpaired) electrons. The van der Waals surface area contributed by atoms with E-state index in [1.807, 2.05) is 30.3 Å². The molecule has 4 aromatic rings. The van der Waals surface area contributed by atoms with Crippen LogP contribution in [0.15, 0.2) is 45.6 Å². The molecule has 0 amide bonds. The van der Waals surface area contributed by atoms with E-state index in [0.29, 0.717) is 5.56 Å². The fraction of sp³-hybridized carbons (Fsp3) is 0.385. The van der Waals surface area contributed by atoms with Crippen LogP contribution in [-0.2, 0) is 11.8 Å². The molecular formula is C26H26N2O2S. The van der Waals surface area contributed by atoms with Gasteiger partial charge in [-0.1, -0.05) is 39.8 Å². The molecule has 0 N–H and O–H groups in total. The van der Waals surface area contributed by atoms with Crippen molar-refractivity contribution in [3.63, 3.8) is 0 Å². The average Bonchev–Trinajstić information content (AvgIpc) is 3.14. The van der Waals surface area contributed by atoms with Crippen molar-refractivity contribution in [2.24, 2.45) is 5.41 Å². The zero-order chi connectivity index (χ0) is 21.5. The van der Waals surface area contributed by atoms with Crippen molar-refractivity contribution in [3.05, 3.63) is 57.9 Å². The molecule has 2 aliphatic rings. The van der Waals surface area contributed by atoms with Crippen molar-refractivity contribution in [2.45, 2.75) is 46.0 Å². The summed E-state index contributed by atoms with van der Waals surface area (Å²) in [5.41, 5.74) is 6.05. The topological polar surface area (TPSA) is 46.3 Å². The molecular weight excluding hydrogens is 404 g/mol. The number of hydrogen-bond acceptors (Lipinski definition) is 5. The van der Waals surface area contributed by atoms with Gasteiger partial charge < -0.3 is 9.32 Å². The number of thiazole rings is 1. The Kier molecular flexibility index (Phi) is 3.81. The molecule has 31 heavy (non-hydrogen) atoms. The Morgan fingerprint density at radius 3 is 2.74 bits per heavy atom. The van der Waals surface area contributed by atoms with Gasteiger partial charge in [0.15, 0.2) is 0 Å². The van der Waals surface area contributed by atoms with Gasteiger partial charge in [-0.25, -0.2) is 9.78 Å². The Morgan fingerprint density at radius 1 is 1.13 bits per heavy atom. The maximum Gasteiger partial charge on any atom is 0.346 e. The predicted octanol–water partition coefficient (Wildman–Crippen LogP) is 6.14. The van der Waals surface area contributed by atoms with Gasteiger partial charge in [0, 0.05) is 29.7 Å². The van der Waals surface area contributed by atoms with Gasteiger partial charge >= 0.3 is 5.63 Å². The third-order valence-electron chi connectivity index (χ3n) is 6.94. The summed E-state index contributed by atoms with van der Waals surface area (Å²) < 4.78 is 7.14. The SMILES string of the molecule is CC1(C)Cc2c3c(cc4cc(-c5nc6ccccc6s5)c(=O)oc24)C(C)(C)CCN3C1. The van der Waals surface area contributed by atoms with Crippen molar-refractivity contribution >= 4 is 38.2 Å². The number of nitrogens with zero attached hydrogens (tertiary/aromatic N) is 2. The zero-order valence-corrected chi connectivity index (χ0v) is 19.2. The van der Waals surface area contributed by atoms with Gasteiger partial charge in [-0.05, 0) is 53.5 Å². The van der Waals surface area contributed by atoms with Crippen LogP contribution in [-0.4, -0.2) is 18.1 Å². The highest BCUT2D eigenvalue weighted by atomic mass is 32.1. The summed E-state index contributed by atoms with van der Waals surface area (Å²) in [4.78, 5) is 20.3. The molecule has 0 saturated carbocycles. The largest absolute Gasteiger partial charge is 0.422 e. The number of fused-ring (bicyclic) bond motifs is 3. The average molecular weight is 431 g/mol. The normalized spacial score (nSPS) is 19.0. The first-order chi connectivity index (χ1) is 14.7. The molecule has 6 rings (SSSR count). The molecule has 4 nitrogen and oxygen atoms in total. The molecule has 5 heteroatoms. The minimum absolute atomic E-state index is 0.0996. The summed E-state index contributed by atoms with van der Waals surface area (Å²) in [6, 6.07) is 12.3. The van der Waals surface area contributed by atoms with Crippen LogP contribution in [0.2, 0.25) is 0 Å². The van der Waals surface area contributed by atoms with E-state index in [9.17, 15) is 4.79 Å². The van der Waals surface area contributed by atoms with Crippen LogP contribution in [0.5, 0.6) is 0 Å². The summed E-state index contributed by atoms with van der Waals surface area (Å²) in [5.74, 6) is 0. The van der Waals surface area contributed by atoms with E-state index in [-0.39, 0.29) is 16.5 Å². The fourth-order valence-electron chi connectivity index (χ4n) is 5.37. The summed E-state index contributed by atoms with van der Waals surface area (Å²) >= 11 is 1.54. The summed E-state index contributed by atoms with van der Waals surface area (Å²) in [6.45, 7) is 11.4. The van der Waals surface area contributed by atoms with E-state index >= 15 is 0 Å². The number of rotatable bonds is 1.